The van der Waals surface area contributed by atoms with Crippen molar-refractivity contribution in [3.05, 3.63) is 0 Å². The Morgan fingerprint density at radius 3 is 2.09 bits per heavy atom. The predicted octanol–water partition coefficient (Wildman–Crippen LogP) is 1.68. The van der Waals surface area contributed by atoms with Gasteiger partial charge in [0.25, 0.3) is 0 Å². The number of hydrogen-bond donors (Lipinski definition) is 3. The molecule has 0 heterocycles. The Labute approximate surface area is 140 Å². The topological polar surface area (TPSA) is 121 Å². The van der Waals surface area contributed by atoms with E-state index in [2.05, 4.69) is 5.32 Å². The highest BCUT2D eigenvalue weighted by Crippen LogP contribution is 2.36. The molecule has 0 saturated heterocycles. The van der Waals surface area contributed by atoms with Crippen LogP contribution in [0.3, 0.4) is 0 Å². The summed E-state index contributed by atoms with van der Waals surface area (Å²) in [7, 11) is 3.72. The first kappa shape index (κ1) is 21.1. The zero-order chi connectivity index (χ0) is 17.1. The molecule has 22 heavy (non-hydrogen) atoms. The first-order valence-corrected chi connectivity index (χ1v) is 10.3. The summed E-state index contributed by atoms with van der Waals surface area (Å²) in [4.78, 5) is 44.1. The van der Waals surface area contributed by atoms with Crippen LogP contribution < -0.4 is 5.32 Å². The molecule has 0 bridgehead atoms. The lowest BCUT2D eigenvalue weighted by atomic mass is 10.1. The van der Waals surface area contributed by atoms with Crippen molar-refractivity contribution < 1.29 is 29.4 Å². The van der Waals surface area contributed by atoms with Gasteiger partial charge in [-0.2, -0.15) is 0 Å². The summed E-state index contributed by atoms with van der Waals surface area (Å²) in [6.07, 6.45) is 0.194. The number of hydrogen-bond acceptors (Lipinski definition) is 7. The number of aliphatic carboxylic acids is 2. The SMILES string of the molecule is CCC(=O)N[C@@H](CSSSC[C@H](CC(C)=O)C(=O)O)C(=O)O. The summed E-state index contributed by atoms with van der Waals surface area (Å²) < 4.78 is 0. The van der Waals surface area contributed by atoms with Crippen LogP contribution in [0.25, 0.3) is 0 Å². The third-order valence-corrected chi connectivity index (χ3v) is 6.76. The lowest BCUT2D eigenvalue weighted by Crippen LogP contribution is -2.42. The molecule has 0 radical (unpaired) electrons. The van der Waals surface area contributed by atoms with Gasteiger partial charge in [0.1, 0.15) is 11.8 Å². The van der Waals surface area contributed by atoms with Crippen molar-refractivity contribution in [2.75, 3.05) is 11.5 Å². The van der Waals surface area contributed by atoms with E-state index in [0.29, 0.717) is 0 Å². The van der Waals surface area contributed by atoms with Gasteiger partial charge in [-0.1, -0.05) is 28.5 Å². The van der Waals surface area contributed by atoms with Gasteiger partial charge < -0.3 is 20.3 Å². The number of ketones is 1. The Bertz CT molecular complexity index is 418. The maximum absolute atomic E-state index is 11.2. The molecule has 2 atom stereocenters. The molecule has 0 aliphatic heterocycles. The second kappa shape index (κ2) is 11.7. The largest absolute Gasteiger partial charge is 0.481 e. The highest BCUT2D eigenvalue weighted by atomic mass is 33.5. The third kappa shape index (κ3) is 9.96. The molecule has 0 fully saturated rings. The predicted molar refractivity (Wildman–Crippen MR) is 88.8 cm³/mol. The van der Waals surface area contributed by atoms with Gasteiger partial charge in [0.15, 0.2) is 0 Å². The number of nitrogens with one attached hydrogen (secondary N) is 1. The molecule has 0 aromatic heterocycles. The van der Waals surface area contributed by atoms with Gasteiger partial charge in [-0.3, -0.25) is 9.59 Å². The molecule has 0 unspecified atom stereocenters. The van der Waals surface area contributed by atoms with Crippen molar-refractivity contribution in [1.82, 2.24) is 5.32 Å². The third-order valence-electron chi connectivity index (χ3n) is 2.44. The molecule has 0 aliphatic carbocycles. The summed E-state index contributed by atoms with van der Waals surface area (Å²) >= 11 is 0. The van der Waals surface area contributed by atoms with Gasteiger partial charge in [0.2, 0.25) is 5.91 Å². The summed E-state index contributed by atoms with van der Waals surface area (Å²) in [5, 5.41) is 20.3. The van der Waals surface area contributed by atoms with E-state index in [1.54, 1.807) is 6.92 Å². The van der Waals surface area contributed by atoms with Gasteiger partial charge in [-0.25, -0.2) is 4.79 Å². The van der Waals surface area contributed by atoms with Gasteiger partial charge in [-0.05, 0) is 16.7 Å². The molecule has 0 aromatic rings. The quantitative estimate of drug-likeness (QED) is 0.348. The fourth-order valence-electron chi connectivity index (χ4n) is 1.28. The second-order valence-corrected chi connectivity index (χ2v) is 8.71. The van der Waals surface area contributed by atoms with Crippen LogP contribution in [0.5, 0.6) is 0 Å². The summed E-state index contributed by atoms with van der Waals surface area (Å²) in [5.74, 6) is -2.97. The van der Waals surface area contributed by atoms with E-state index in [1.165, 1.54) is 38.3 Å². The Morgan fingerprint density at radius 1 is 1.05 bits per heavy atom. The van der Waals surface area contributed by atoms with Crippen molar-refractivity contribution in [3.63, 3.8) is 0 Å². The van der Waals surface area contributed by atoms with Crippen LogP contribution in [0.2, 0.25) is 0 Å². The molecule has 1 amide bonds. The van der Waals surface area contributed by atoms with Gasteiger partial charge >= 0.3 is 11.9 Å². The van der Waals surface area contributed by atoms with Crippen LogP contribution >= 0.6 is 31.4 Å². The van der Waals surface area contributed by atoms with Crippen LogP contribution in [0, 0.1) is 5.92 Å². The fraction of sp³-hybridized carbons (Fsp3) is 0.667. The highest BCUT2D eigenvalue weighted by molar-refractivity contribution is 9.09. The van der Waals surface area contributed by atoms with E-state index in [1.807, 2.05) is 0 Å². The first-order valence-electron chi connectivity index (χ1n) is 6.43. The number of carboxylic acid groups (broad SMARTS) is 2. The molecular formula is C12H19NO6S3. The zero-order valence-electron chi connectivity index (χ0n) is 12.2. The minimum Gasteiger partial charge on any atom is -0.481 e. The smallest absolute Gasteiger partial charge is 0.327 e. The number of carbonyl (C=O) groups excluding carboxylic acids is 2. The van der Waals surface area contributed by atoms with Gasteiger partial charge in [-0.15, -0.1) is 0 Å². The standard InChI is InChI=1S/C12H19NO6S3/c1-3-10(15)13-9(12(18)19)6-21-22-20-5-8(11(16)17)4-7(2)14/h8-9H,3-6H2,1-2H3,(H,13,15)(H,16,17)(H,18,19)/t8-,9-/m0/s1. The Balaban J connectivity index is 4.07. The number of carbonyl (C=O) groups is 4. The maximum Gasteiger partial charge on any atom is 0.327 e. The molecule has 3 N–H and O–H groups in total. The lowest BCUT2D eigenvalue weighted by molar-refractivity contribution is -0.142. The fourth-order valence-corrected chi connectivity index (χ4v) is 5.29. The van der Waals surface area contributed by atoms with E-state index in [9.17, 15) is 19.2 Å². The summed E-state index contributed by atoms with van der Waals surface area (Å²) in [6, 6.07) is -0.974. The number of Topliss-reactive ketones (excluding diaryl/α,β-unsaturated/α-hetero) is 1. The normalized spacial score (nSPS) is 13.2. The molecule has 0 spiro atoms. The van der Waals surface area contributed by atoms with Crippen LogP contribution in [0.4, 0.5) is 0 Å². The molecule has 0 aliphatic rings. The van der Waals surface area contributed by atoms with Crippen molar-refractivity contribution in [1.29, 1.82) is 0 Å². The Hall–Kier alpha value is -0.870. The molecule has 0 saturated carbocycles. The molecular weight excluding hydrogens is 350 g/mol. The molecule has 7 nitrogen and oxygen atoms in total. The van der Waals surface area contributed by atoms with E-state index in [-0.39, 0.29) is 36.0 Å². The number of amides is 1. The first-order chi connectivity index (χ1) is 10.3. The van der Waals surface area contributed by atoms with Gasteiger partial charge in [0.05, 0.1) is 5.92 Å². The molecule has 0 rings (SSSR count). The molecule has 0 aromatic carbocycles. The van der Waals surface area contributed by atoms with E-state index in [4.69, 9.17) is 10.2 Å². The van der Waals surface area contributed by atoms with E-state index >= 15 is 0 Å². The van der Waals surface area contributed by atoms with Crippen molar-refractivity contribution in [2.45, 2.75) is 32.7 Å². The number of rotatable bonds is 12. The lowest BCUT2D eigenvalue weighted by Gasteiger charge is -2.13. The minimum atomic E-state index is -1.11. The average Bonchev–Trinajstić information content (AvgIpc) is 2.43. The zero-order valence-corrected chi connectivity index (χ0v) is 14.7. The Kier molecular flexibility index (Phi) is 11.2. The van der Waals surface area contributed by atoms with Crippen LogP contribution in [0.15, 0.2) is 0 Å². The van der Waals surface area contributed by atoms with Crippen molar-refractivity contribution >= 4 is 55.0 Å². The molecule has 126 valence electrons. The van der Waals surface area contributed by atoms with Gasteiger partial charge in [0, 0.05) is 24.3 Å². The van der Waals surface area contributed by atoms with E-state index < -0.39 is 23.9 Å². The minimum absolute atomic E-state index is 0.0160. The second-order valence-electron chi connectivity index (χ2n) is 4.39. The molecule has 10 heteroatoms. The van der Waals surface area contributed by atoms with E-state index in [0.717, 1.165) is 0 Å². The van der Waals surface area contributed by atoms with Crippen LogP contribution in [-0.4, -0.2) is 51.4 Å². The number of carboxylic acids is 2. The summed E-state index contributed by atoms with van der Waals surface area (Å²) in [5.41, 5.74) is 0. The van der Waals surface area contributed by atoms with Crippen molar-refractivity contribution in [2.24, 2.45) is 5.92 Å². The summed E-state index contributed by atoms with van der Waals surface area (Å²) in [6.45, 7) is 2.98. The van der Waals surface area contributed by atoms with Crippen molar-refractivity contribution in [3.8, 4) is 0 Å². The average molecular weight is 369 g/mol. The maximum atomic E-state index is 11.2. The van der Waals surface area contributed by atoms with Crippen LogP contribution in [-0.2, 0) is 19.2 Å². The Morgan fingerprint density at radius 2 is 1.64 bits per heavy atom. The monoisotopic (exact) mass is 369 g/mol. The highest BCUT2D eigenvalue weighted by Gasteiger charge is 2.21. The van der Waals surface area contributed by atoms with Crippen LogP contribution in [0.1, 0.15) is 26.7 Å².